The van der Waals surface area contributed by atoms with Crippen LogP contribution in [0.25, 0.3) is 5.57 Å². The van der Waals surface area contributed by atoms with Gasteiger partial charge in [0.2, 0.25) is 0 Å². The van der Waals surface area contributed by atoms with E-state index in [0.29, 0.717) is 23.5 Å². The zero-order chi connectivity index (χ0) is 19.5. The van der Waals surface area contributed by atoms with Crippen molar-refractivity contribution in [2.45, 2.75) is 46.5 Å². The predicted molar refractivity (Wildman–Crippen MR) is 113 cm³/mol. The molecule has 4 aliphatic rings. The van der Waals surface area contributed by atoms with Gasteiger partial charge in [0, 0.05) is 17.8 Å². The second kappa shape index (κ2) is 6.17. The molecule has 1 heterocycles. The van der Waals surface area contributed by atoms with Gasteiger partial charge in [0.25, 0.3) is 0 Å². The number of nitrogens with zero attached hydrogens (tertiary/aromatic N) is 2. The van der Waals surface area contributed by atoms with Gasteiger partial charge in [-0.15, -0.1) is 0 Å². The van der Waals surface area contributed by atoms with Crippen LogP contribution in [0, 0.1) is 34.5 Å². The quantitative estimate of drug-likeness (QED) is 0.492. The summed E-state index contributed by atoms with van der Waals surface area (Å²) in [5.74, 6) is 2.64. The minimum Gasteiger partial charge on any atom is -0.410 e. The summed E-state index contributed by atoms with van der Waals surface area (Å²) >= 11 is 0. The fourth-order valence-electron chi connectivity index (χ4n) is 7.22. The van der Waals surface area contributed by atoms with Gasteiger partial charge in [-0.3, -0.25) is 4.98 Å². The predicted octanol–water partition coefficient (Wildman–Crippen LogP) is 5.89. The highest BCUT2D eigenvalue weighted by Gasteiger charge is 2.57. The van der Waals surface area contributed by atoms with Crippen molar-refractivity contribution in [3.63, 3.8) is 0 Å². The summed E-state index contributed by atoms with van der Waals surface area (Å²) in [4.78, 5) is 4.38. The molecule has 5 rings (SSSR count). The Balaban J connectivity index is 1.51. The first-order valence-electron chi connectivity index (χ1n) is 10.7. The molecule has 4 aliphatic carbocycles. The first-order valence-corrected chi connectivity index (χ1v) is 10.7. The van der Waals surface area contributed by atoms with E-state index >= 15 is 0 Å². The van der Waals surface area contributed by atoms with E-state index < -0.39 is 0 Å². The molecule has 3 nitrogen and oxygen atoms in total. The number of hydrogen-bond donors (Lipinski definition) is 1. The lowest BCUT2D eigenvalue weighted by molar-refractivity contribution is -0.0105. The van der Waals surface area contributed by atoms with Crippen LogP contribution in [0.3, 0.4) is 0 Å². The average molecular weight is 375 g/mol. The van der Waals surface area contributed by atoms with Crippen LogP contribution in [0.2, 0.25) is 0 Å². The maximum atomic E-state index is 9.26. The second-order valence-corrected chi connectivity index (χ2v) is 9.81. The van der Waals surface area contributed by atoms with Crippen molar-refractivity contribution in [3.8, 4) is 0 Å². The Morgan fingerprint density at radius 1 is 1.25 bits per heavy atom. The summed E-state index contributed by atoms with van der Waals surface area (Å²) in [6.45, 7) is 7.29. The fourth-order valence-corrected chi connectivity index (χ4v) is 7.22. The van der Waals surface area contributed by atoms with Crippen LogP contribution in [0.5, 0.6) is 0 Å². The number of rotatable bonds is 1. The maximum absolute atomic E-state index is 9.26. The van der Waals surface area contributed by atoms with Crippen LogP contribution in [-0.2, 0) is 0 Å². The van der Waals surface area contributed by atoms with Gasteiger partial charge in [-0.1, -0.05) is 49.7 Å². The van der Waals surface area contributed by atoms with E-state index in [9.17, 15) is 5.21 Å². The van der Waals surface area contributed by atoms with E-state index in [1.807, 2.05) is 18.5 Å². The second-order valence-electron chi connectivity index (χ2n) is 9.81. The molecule has 0 bridgehead atoms. The standard InChI is InChI=1S/C25H30N2O/c1-16-13-19-21-7-6-20(17-5-4-12-26-15-17)24(21,2)11-9-22(19)25(3)10-8-18(27-28)14-23(16)25/h4-6,8,10,12,14-16,19,21-22,28H,7,9,11,13H2,1-3H3/b27-18+. The fraction of sp³-hybridized carbons (Fsp3) is 0.520. The number of hydrogen-bond acceptors (Lipinski definition) is 3. The van der Waals surface area contributed by atoms with Gasteiger partial charge in [-0.25, -0.2) is 0 Å². The molecular weight excluding hydrogens is 344 g/mol. The maximum Gasteiger partial charge on any atom is 0.102 e. The third-order valence-corrected chi connectivity index (χ3v) is 8.56. The average Bonchev–Trinajstić information content (AvgIpc) is 3.06. The normalized spacial score (nSPS) is 43.0. The van der Waals surface area contributed by atoms with Gasteiger partial charge < -0.3 is 5.21 Å². The Bertz CT molecular complexity index is 912. The molecule has 1 N–H and O–H groups in total. The van der Waals surface area contributed by atoms with E-state index in [1.165, 1.54) is 42.4 Å². The zero-order valence-electron chi connectivity index (χ0n) is 17.1. The van der Waals surface area contributed by atoms with Crippen molar-refractivity contribution in [1.82, 2.24) is 4.98 Å². The Labute approximate surface area is 168 Å². The number of allylic oxidation sites excluding steroid dienone is 6. The van der Waals surface area contributed by atoms with Crippen LogP contribution < -0.4 is 0 Å². The molecule has 0 aromatic carbocycles. The van der Waals surface area contributed by atoms with Gasteiger partial charge in [-0.2, -0.15) is 0 Å². The Morgan fingerprint density at radius 3 is 2.86 bits per heavy atom. The third-order valence-electron chi connectivity index (χ3n) is 8.56. The first kappa shape index (κ1) is 17.9. The van der Waals surface area contributed by atoms with Crippen molar-refractivity contribution in [2.75, 3.05) is 0 Å². The molecule has 0 amide bonds. The molecule has 2 fully saturated rings. The molecule has 0 aliphatic heterocycles. The van der Waals surface area contributed by atoms with Crippen LogP contribution in [-0.4, -0.2) is 15.9 Å². The van der Waals surface area contributed by atoms with Crippen molar-refractivity contribution in [2.24, 2.45) is 39.7 Å². The Kier molecular flexibility index (Phi) is 3.94. The lowest BCUT2D eigenvalue weighted by Gasteiger charge is -2.58. The summed E-state index contributed by atoms with van der Waals surface area (Å²) in [6.07, 6.45) is 17.8. The third kappa shape index (κ3) is 2.34. The van der Waals surface area contributed by atoms with Crippen molar-refractivity contribution < 1.29 is 5.21 Å². The van der Waals surface area contributed by atoms with E-state index in [-0.39, 0.29) is 10.8 Å². The van der Waals surface area contributed by atoms with Gasteiger partial charge in [-0.05, 0) is 84.1 Å². The van der Waals surface area contributed by atoms with Crippen LogP contribution in [0.4, 0.5) is 0 Å². The molecule has 1 aromatic rings. The molecule has 0 saturated heterocycles. The van der Waals surface area contributed by atoms with Crippen molar-refractivity contribution >= 4 is 11.3 Å². The van der Waals surface area contributed by atoms with Crippen LogP contribution >= 0.6 is 0 Å². The molecule has 1 aromatic heterocycles. The van der Waals surface area contributed by atoms with E-state index in [4.69, 9.17) is 0 Å². The highest BCUT2D eigenvalue weighted by atomic mass is 16.4. The first-order chi connectivity index (χ1) is 13.5. The molecule has 146 valence electrons. The molecule has 6 unspecified atom stereocenters. The lowest BCUT2D eigenvalue weighted by Crippen LogP contribution is -2.50. The molecule has 6 atom stereocenters. The molecule has 2 saturated carbocycles. The molecular formula is C25H30N2O. The highest BCUT2D eigenvalue weighted by molar-refractivity contribution is 6.05. The molecule has 3 heteroatoms. The monoisotopic (exact) mass is 374 g/mol. The SMILES string of the molecule is CC1CC2C(CCC3(C)C(c4cccnc4)=CCC23)C2(C)C=C/C(=N\O)C=C12. The summed E-state index contributed by atoms with van der Waals surface area (Å²) in [5.41, 5.74) is 5.35. The lowest BCUT2D eigenvalue weighted by atomic mass is 9.46. The van der Waals surface area contributed by atoms with Crippen LogP contribution in [0.15, 0.2) is 59.6 Å². The van der Waals surface area contributed by atoms with E-state index in [1.54, 1.807) is 0 Å². The molecule has 0 radical (unpaired) electrons. The summed E-state index contributed by atoms with van der Waals surface area (Å²) in [7, 11) is 0. The van der Waals surface area contributed by atoms with Crippen molar-refractivity contribution in [1.29, 1.82) is 0 Å². The highest BCUT2D eigenvalue weighted by Crippen LogP contribution is 2.66. The van der Waals surface area contributed by atoms with Gasteiger partial charge in [0.1, 0.15) is 5.71 Å². The number of fused-ring (bicyclic) bond motifs is 5. The van der Waals surface area contributed by atoms with E-state index in [2.05, 4.69) is 61.3 Å². The number of pyridine rings is 1. The Morgan fingerprint density at radius 2 is 2.11 bits per heavy atom. The molecule has 0 spiro atoms. The molecule has 28 heavy (non-hydrogen) atoms. The largest absolute Gasteiger partial charge is 0.410 e. The topological polar surface area (TPSA) is 45.5 Å². The summed E-state index contributed by atoms with van der Waals surface area (Å²) < 4.78 is 0. The summed E-state index contributed by atoms with van der Waals surface area (Å²) in [6, 6.07) is 4.29. The Hall–Kier alpha value is -2.16. The van der Waals surface area contributed by atoms with Gasteiger partial charge >= 0.3 is 0 Å². The van der Waals surface area contributed by atoms with Gasteiger partial charge in [0.15, 0.2) is 0 Å². The number of aromatic nitrogens is 1. The number of oxime groups is 1. The smallest absolute Gasteiger partial charge is 0.102 e. The van der Waals surface area contributed by atoms with E-state index in [0.717, 1.165) is 5.92 Å². The van der Waals surface area contributed by atoms with Gasteiger partial charge in [0.05, 0.1) is 0 Å². The minimum absolute atomic E-state index is 0.0922. The minimum atomic E-state index is 0.0922. The summed E-state index contributed by atoms with van der Waals surface area (Å²) in [5, 5.41) is 12.7. The zero-order valence-corrected chi connectivity index (χ0v) is 17.1. The van der Waals surface area contributed by atoms with Crippen LogP contribution in [0.1, 0.15) is 52.0 Å². The van der Waals surface area contributed by atoms with Crippen molar-refractivity contribution in [3.05, 3.63) is 60.0 Å².